The van der Waals surface area contributed by atoms with Crippen molar-refractivity contribution in [2.24, 2.45) is 28.9 Å². The van der Waals surface area contributed by atoms with Crippen LogP contribution in [-0.2, 0) is 14.3 Å². The van der Waals surface area contributed by atoms with Crippen LogP contribution in [0.3, 0.4) is 0 Å². The van der Waals surface area contributed by atoms with Gasteiger partial charge in [0.2, 0.25) is 5.91 Å². The molecular formula is C28H52N4O3S. The van der Waals surface area contributed by atoms with Crippen molar-refractivity contribution in [2.45, 2.75) is 96.6 Å². The molecule has 0 aromatic rings. The summed E-state index contributed by atoms with van der Waals surface area (Å²) in [4.78, 5) is 27.7. The molecule has 1 aliphatic heterocycles. The molecule has 6 unspecified atom stereocenters. The van der Waals surface area contributed by atoms with Crippen LogP contribution in [0.1, 0.15) is 85.0 Å². The van der Waals surface area contributed by atoms with Gasteiger partial charge in [-0.05, 0) is 101 Å². The Morgan fingerprint density at radius 2 is 1.89 bits per heavy atom. The first-order valence-electron chi connectivity index (χ1n) is 13.7. The summed E-state index contributed by atoms with van der Waals surface area (Å²) in [5.41, 5.74) is 3.91. The van der Waals surface area contributed by atoms with Gasteiger partial charge in [-0.3, -0.25) is 9.59 Å². The highest BCUT2D eigenvalue weighted by molar-refractivity contribution is 7.98. The number of hydrogen-bond donors (Lipinski definition) is 2. The van der Waals surface area contributed by atoms with Crippen LogP contribution in [0.25, 0.3) is 0 Å². The van der Waals surface area contributed by atoms with Crippen molar-refractivity contribution < 1.29 is 14.3 Å². The van der Waals surface area contributed by atoms with Gasteiger partial charge in [0.15, 0.2) is 0 Å². The molecule has 36 heavy (non-hydrogen) atoms. The largest absolute Gasteiger partial charge is 0.459 e. The summed E-state index contributed by atoms with van der Waals surface area (Å²) in [6.45, 7) is 7.24. The Morgan fingerprint density at radius 3 is 2.47 bits per heavy atom. The third-order valence-electron chi connectivity index (χ3n) is 7.71. The Hall–Kier alpha value is -1.30. The predicted octanol–water partition coefficient (Wildman–Crippen LogP) is 4.60. The van der Waals surface area contributed by atoms with Gasteiger partial charge in [-0.15, -0.1) is 0 Å². The van der Waals surface area contributed by atoms with Crippen molar-refractivity contribution in [1.29, 1.82) is 5.26 Å². The first kappa shape index (κ1) is 32.7. The van der Waals surface area contributed by atoms with Crippen molar-refractivity contribution in [1.82, 2.24) is 10.2 Å². The van der Waals surface area contributed by atoms with E-state index in [1.165, 1.54) is 13.5 Å². The smallest absolute Gasteiger partial charge is 0.306 e. The second kappa shape index (κ2) is 15.8. The van der Waals surface area contributed by atoms with E-state index in [9.17, 15) is 14.9 Å². The lowest BCUT2D eigenvalue weighted by Gasteiger charge is -2.54. The molecule has 3 N–H and O–H groups in total. The third-order valence-corrected chi connectivity index (χ3v) is 8.41. The van der Waals surface area contributed by atoms with Gasteiger partial charge in [-0.2, -0.15) is 17.0 Å². The Balaban J connectivity index is 0.00000120. The molecule has 0 radical (unpaired) electrons. The molecule has 3 rings (SSSR count). The summed E-state index contributed by atoms with van der Waals surface area (Å²) < 4.78 is 6.26. The molecule has 0 aromatic carbocycles. The number of nitriles is 1. The van der Waals surface area contributed by atoms with Crippen LogP contribution in [0.5, 0.6) is 0 Å². The molecule has 3 fully saturated rings. The molecule has 7 nitrogen and oxygen atoms in total. The molecule has 3 aliphatic rings. The highest BCUT2D eigenvalue weighted by Crippen LogP contribution is 2.56. The van der Waals surface area contributed by atoms with Crippen molar-refractivity contribution in [3.63, 3.8) is 0 Å². The molecule has 2 bridgehead atoms. The topological polar surface area (TPSA) is 108 Å². The lowest BCUT2D eigenvalue weighted by atomic mass is 9.56. The number of rotatable bonds is 8. The maximum atomic E-state index is 13.2. The van der Waals surface area contributed by atoms with Crippen LogP contribution in [-0.4, -0.2) is 68.1 Å². The minimum Gasteiger partial charge on any atom is -0.459 e. The molecule has 2 saturated carbocycles. The molecule has 0 spiro atoms. The van der Waals surface area contributed by atoms with Gasteiger partial charge in [-0.1, -0.05) is 27.2 Å². The number of nitrogens with zero attached hydrogens (tertiary/aromatic N) is 2. The highest BCUT2D eigenvalue weighted by atomic mass is 32.2. The number of nitrogens with two attached hydrogens (primary N) is 1. The van der Waals surface area contributed by atoms with Crippen LogP contribution < -0.4 is 11.1 Å². The van der Waals surface area contributed by atoms with Gasteiger partial charge in [0.1, 0.15) is 11.6 Å². The van der Waals surface area contributed by atoms with E-state index in [1.54, 1.807) is 16.7 Å². The molecule has 208 valence electrons. The van der Waals surface area contributed by atoms with E-state index >= 15 is 0 Å². The van der Waals surface area contributed by atoms with E-state index in [2.05, 4.69) is 44.1 Å². The van der Waals surface area contributed by atoms with Crippen molar-refractivity contribution in [2.75, 3.05) is 39.7 Å². The monoisotopic (exact) mass is 524 g/mol. The molecule has 1 saturated heterocycles. The number of carbonyl (C=O) groups is 2. The van der Waals surface area contributed by atoms with E-state index in [1.807, 2.05) is 14.1 Å². The fraction of sp³-hybridized carbons (Fsp3) is 0.893. The van der Waals surface area contributed by atoms with Crippen LogP contribution in [0.2, 0.25) is 0 Å². The number of carbonyl (C=O) groups excluding carboxylic acids is 2. The van der Waals surface area contributed by atoms with E-state index in [-0.39, 0.29) is 23.3 Å². The van der Waals surface area contributed by atoms with Crippen LogP contribution in [0.4, 0.5) is 0 Å². The van der Waals surface area contributed by atoms with E-state index < -0.39 is 5.60 Å². The van der Waals surface area contributed by atoms with Gasteiger partial charge in [0, 0.05) is 19.4 Å². The standard InChI is InChI=1S/C25H40N2O3S.C2H7N.CH5N/c1-5-19-10-20-11-24(3,14-22(28)27-16-18(2)9-21(27)15-26)17-25(12-19,13-20)30-23(29)7-6-8-31-4;1-3-2;1-2/h18-21H,5-14,16-17H2,1-4H3;3H,1-2H3;2H2,1H3. The second-order valence-electron chi connectivity index (χ2n) is 11.4. The maximum absolute atomic E-state index is 13.2. The minimum atomic E-state index is -0.416. The zero-order valence-electron chi connectivity index (χ0n) is 23.9. The normalized spacial score (nSPS) is 32.8. The minimum absolute atomic E-state index is 0.0713. The summed E-state index contributed by atoms with van der Waals surface area (Å²) in [6.07, 6.45) is 10.6. The SMILES string of the molecule is CCC1CC2CC(C)(CC(=O)N3CC(C)CC3C#N)CC(OC(=O)CCCSC)(C1)C2.CN.CNC. The van der Waals surface area contributed by atoms with E-state index in [0.29, 0.717) is 37.1 Å². The molecule has 0 aromatic heterocycles. The van der Waals surface area contributed by atoms with Gasteiger partial charge in [0.25, 0.3) is 0 Å². The summed E-state index contributed by atoms with van der Waals surface area (Å²) in [6, 6.07) is 2.03. The maximum Gasteiger partial charge on any atom is 0.306 e. The van der Waals surface area contributed by atoms with Crippen LogP contribution >= 0.6 is 11.8 Å². The number of amides is 1. The number of esters is 1. The molecule has 2 aliphatic carbocycles. The van der Waals surface area contributed by atoms with Gasteiger partial charge < -0.3 is 20.7 Å². The van der Waals surface area contributed by atoms with Gasteiger partial charge >= 0.3 is 5.97 Å². The Kier molecular flexibility index (Phi) is 14.4. The molecular weight excluding hydrogens is 472 g/mol. The van der Waals surface area contributed by atoms with E-state index in [4.69, 9.17) is 4.74 Å². The first-order valence-corrected chi connectivity index (χ1v) is 15.1. The van der Waals surface area contributed by atoms with Crippen molar-refractivity contribution in [3.8, 4) is 6.07 Å². The first-order chi connectivity index (χ1) is 17.1. The Morgan fingerprint density at radius 1 is 1.22 bits per heavy atom. The van der Waals surface area contributed by atoms with Gasteiger partial charge in [0.05, 0.1) is 6.07 Å². The Bertz CT molecular complexity index is 730. The summed E-state index contributed by atoms with van der Waals surface area (Å²) in [7, 11) is 5.25. The number of fused-ring (bicyclic) bond motifs is 2. The summed E-state index contributed by atoms with van der Waals surface area (Å²) in [5, 5.41) is 12.2. The quantitative estimate of drug-likeness (QED) is 0.353. The zero-order chi connectivity index (χ0) is 27.4. The third kappa shape index (κ3) is 9.54. The van der Waals surface area contributed by atoms with Gasteiger partial charge in [-0.25, -0.2) is 0 Å². The molecule has 1 heterocycles. The zero-order valence-corrected chi connectivity index (χ0v) is 24.7. The number of ether oxygens (including phenoxy) is 1. The van der Waals surface area contributed by atoms with Crippen molar-refractivity contribution >= 4 is 23.6 Å². The summed E-state index contributed by atoms with van der Waals surface area (Å²) in [5.74, 6) is 2.49. The average Bonchev–Trinajstić information content (AvgIpc) is 3.20. The Labute approximate surface area is 224 Å². The second-order valence-corrected chi connectivity index (χ2v) is 12.4. The fourth-order valence-corrected chi connectivity index (χ4v) is 7.18. The lowest BCUT2D eigenvalue weighted by molar-refractivity contribution is -0.183. The highest BCUT2D eigenvalue weighted by Gasteiger charge is 2.53. The number of nitrogens with one attached hydrogen (secondary N) is 1. The molecule has 6 atom stereocenters. The van der Waals surface area contributed by atoms with Crippen LogP contribution in [0, 0.1) is 34.5 Å². The van der Waals surface area contributed by atoms with Crippen molar-refractivity contribution in [3.05, 3.63) is 0 Å². The lowest BCUT2D eigenvalue weighted by Crippen LogP contribution is -2.52. The number of thioether (sulfide) groups is 1. The van der Waals surface area contributed by atoms with Crippen LogP contribution in [0.15, 0.2) is 0 Å². The average molecular weight is 525 g/mol. The number of hydrogen-bond acceptors (Lipinski definition) is 7. The molecule has 8 heteroatoms. The van der Waals surface area contributed by atoms with E-state index in [0.717, 1.165) is 50.7 Å². The number of likely N-dealkylation sites (tertiary alicyclic amines) is 1. The predicted molar refractivity (Wildman–Crippen MR) is 150 cm³/mol. The fourth-order valence-electron chi connectivity index (χ4n) is 6.75. The summed E-state index contributed by atoms with van der Waals surface area (Å²) >= 11 is 1.76. The molecule has 1 amide bonds.